The third-order valence-electron chi connectivity index (χ3n) is 3.44. The second kappa shape index (κ2) is 7.81. The zero-order valence-electron chi connectivity index (χ0n) is 13.0. The van der Waals surface area contributed by atoms with Crippen molar-refractivity contribution in [2.75, 3.05) is 20.6 Å². The molecule has 1 rings (SSSR count). The Morgan fingerprint density at radius 1 is 1.30 bits per heavy atom. The number of hydrogen-bond donors (Lipinski definition) is 1. The number of nitrogens with zero attached hydrogens (tertiary/aromatic N) is 2. The molecule has 0 radical (unpaired) electrons. The Morgan fingerprint density at radius 2 is 2.00 bits per heavy atom. The lowest BCUT2D eigenvalue weighted by Crippen LogP contribution is -2.27. The van der Waals surface area contributed by atoms with Gasteiger partial charge in [-0.2, -0.15) is 0 Å². The van der Waals surface area contributed by atoms with Crippen molar-refractivity contribution < 1.29 is 8.42 Å². The first kappa shape index (κ1) is 17.2. The number of hydrogen-bond acceptors (Lipinski definition) is 3. The van der Waals surface area contributed by atoms with E-state index in [0.717, 1.165) is 31.5 Å². The maximum Gasteiger partial charge on any atom is 0.244 e. The van der Waals surface area contributed by atoms with Gasteiger partial charge in [-0.25, -0.2) is 12.7 Å². The van der Waals surface area contributed by atoms with Crippen LogP contribution in [0.2, 0.25) is 0 Å². The van der Waals surface area contributed by atoms with Crippen molar-refractivity contribution in [3.63, 3.8) is 0 Å². The summed E-state index contributed by atoms with van der Waals surface area (Å²) in [5.41, 5.74) is 0.996. The number of nitrogens with one attached hydrogen (secondary N) is 1. The molecule has 0 saturated heterocycles. The van der Waals surface area contributed by atoms with Gasteiger partial charge < -0.3 is 9.88 Å². The van der Waals surface area contributed by atoms with Crippen molar-refractivity contribution in [1.82, 2.24) is 14.2 Å². The van der Waals surface area contributed by atoms with E-state index in [1.807, 2.05) is 18.5 Å². The molecule has 0 amide bonds. The van der Waals surface area contributed by atoms with Gasteiger partial charge in [-0.1, -0.05) is 19.8 Å². The Hall–Kier alpha value is -0.850. The molecular weight excluding hydrogens is 274 g/mol. The van der Waals surface area contributed by atoms with E-state index in [4.69, 9.17) is 0 Å². The Kier molecular flexibility index (Phi) is 6.71. The van der Waals surface area contributed by atoms with Gasteiger partial charge in [0.15, 0.2) is 0 Å². The van der Waals surface area contributed by atoms with Crippen LogP contribution in [0.5, 0.6) is 0 Å². The van der Waals surface area contributed by atoms with E-state index >= 15 is 0 Å². The summed E-state index contributed by atoms with van der Waals surface area (Å²) < 4.78 is 28.4. The molecule has 20 heavy (non-hydrogen) atoms. The lowest BCUT2D eigenvalue weighted by atomic mass is 10.2. The molecule has 0 fully saturated rings. The molecule has 0 saturated carbocycles. The van der Waals surface area contributed by atoms with Gasteiger partial charge in [-0.3, -0.25) is 0 Å². The van der Waals surface area contributed by atoms with Crippen molar-refractivity contribution in [3.8, 4) is 0 Å². The second-order valence-electron chi connectivity index (χ2n) is 5.02. The monoisotopic (exact) mass is 301 g/mol. The highest BCUT2D eigenvalue weighted by atomic mass is 32.2. The normalized spacial score (nSPS) is 12.2. The molecule has 0 unspecified atom stereocenters. The molecule has 0 aliphatic rings. The van der Waals surface area contributed by atoms with Gasteiger partial charge in [0.1, 0.15) is 4.90 Å². The van der Waals surface area contributed by atoms with Crippen LogP contribution in [0.1, 0.15) is 38.8 Å². The van der Waals surface area contributed by atoms with Crippen LogP contribution in [0.4, 0.5) is 0 Å². The predicted molar refractivity (Wildman–Crippen MR) is 82.2 cm³/mol. The molecule has 0 atom stereocenters. The van der Waals surface area contributed by atoms with Gasteiger partial charge in [0.05, 0.1) is 0 Å². The van der Waals surface area contributed by atoms with Crippen LogP contribution in [-0.4, -0.2) is 37.9 Å². The first-order valence-electron chi connectivity index (χ1n) is 7.27. The zero-order valence-corrected chi connectivity index (χ0v) is 13.8. The summed E-state index contributed by atoms with van der Waals surface area (Å²) >= 11 is 0. The Labute approximate surface area is 123 Å². The minimum absolute atomic E-state index is 0.392. The molecular formula is C14H27N3O2S. The van der Waals surface area contributed by atoms with E-state index in [9.17, 15) is 8.42 Å². The summed E-state index contributed by atoms with van der Waals surface area (Å²) in [6, 6.07) is 1.77. The molecule has 0 bridgehead atoms. The number of sulfonamides is 1. The molecule has 0 aliphatic heterocycles. The first-order chi connectivity index (χ1) is 9.47. The largest absolute Gasteiger partial charge is 0.349 e. The molecule has 0 aromatic carbocycles. The van der Waals surface area contributed by atoms with Crippen LogP contribution in [-0.2, 0) is 23.1 Å². The Bertz CT molecular complexity index is 508. The highest BCUT2D eigenvalue weighted by molar-refractivity contribution is 7.89. The average molecular weight is 301 g/mol. The number of aryl methyl sites for hydroxylation is 1. The van der Waals surface area contributed by atoms with E-state index in [1.54, 1.807) is 19.3 Å². The first-order valence-corrected chi connectivity index (χ1v) is 8.71. The lowest BCUT2D eigenvalue weighted by Gasteiger charge is -2.15. The molecule has 1 aromatic heterocycles. The highest BCUT2D eigenvalue weighted by Crippen LogP contribution is 2.19. The molecule has 1 aromatic rings. The number of unbranched alkanes of at least 4 members (excludes halogenated alkanes) is 2. The van der Waals surface area contributed by atoms with Crippen LogP contribution in [0.15, 0.2) is 17.2 Å². The van der Waals surface area contributed by atoms with Crippen LogP contribution >= 0.6 is 0 Å². The minimum atomic E-state index is -3.36. The molecule has 5 nitrogen and oxygen atoms in total. The molecule has 6 heteroatoms. The molecule has 1 heterocycles. The van der Waals surface area contributed by atoms with Gasteiger partial charge in [0, 0.05) is 38.6 Å². The lowest BCUT2D eigenvalue weighted by molar-refractivity contribution is 0.454. The SMILES string of the molecule is CCCCCN(C)S(=O)(=O)c1cc(CNC)n(CC)c1. The van der Waals surface area contributed by atoms with Gasteiger partial charge >= 0.3 is 0 Å². The van der Waals surface area contributed by atoms with Crippen LogP contribution < -0.4 is 5.32 Å². The summed E-state index contributed by atoms with van der Waals surface area (Å²) in [4.78, 5) is 0.392. The summed E-state index contributed by atoms with van der Waals surface area (Å²) in [5.74, 6) is 0. The third-order valence-corrected chi connectivity index (χ3v) is 5.27. The smallest absolute Gasteiger partial charge is 0.244 e. The van der Waals surface area contributed by atoms with Crippen LogP contribution in [0.3, 0.4) is 0 Å². The summed E-state index contributed by atoms with van der Waals surface area (Å²) in [7, 11) is 0.153. The van der Waals surface area contributed by atoms with Crippen molar-refractivity contribution >= 4 is 10.0 Å². The van der Waals surface area contributed by atoms with Gasteiger partial charge in [0.25, 0.3) is 0 Å². The zero-order chi connectivity index (χ0) is 15.2. The third kappa shape index (κ3) is 4.07. The maximum absolute atomic E-state index is 12.5. The maximum atomic E-state index is 12.5. The quantitative estimate of drug-likeness (QED) is 0.710. The summed E-state index contributed by atoms with van der Waals surface area (Å²) in [6.45, 7) is 6.14. The standard InChI is InChI=1S/C14H27N3O2S/c1-5-7-8-9-16(4)20(18,19)14-10-13(11-15-3)17(6-2)12-14/h10,12,15H,5-9,11H2,1-4H3. The number of aromatic nitrogens is 1. The van der Waals surface area contributed by atoms with E-state index < -0.39 is 10.0 Å². The van der Waals surface area contributed by atoms with E-state index in [0.29, 0.717) is 18.0 Å². The summed E-state index contributed by atoms with van der Waals surface area (Å²) in [5, 5.41) is 3.07. The fourth-order valence-corrected chi connectivity index (χ4v) is 3.45. The Balaban J connectivity index is 2.91. The molecule has 0 aliphatic carbocycles. The van der Waals surface area contributed by atoms with Gasteiger partial charge in [-0.05, 0) is 26.5 Å². The predicted octanol–water partition coefficient (Wildman–Crippen LogP) is 2.04. The van der Waals surface area contributed by atoms with Crippen molar-refractivity contribution in [2.45, 2.75) is 51.1 Å². The van der Waals surface area contributed by atoms with Gasteiger partial charge in [-0.15, -0.1) is 0 Å². The second-order valence-corrected chi connectivity index (χ2v) is 7.06. The van der Waals surface area contributed by atoms with Crippen molar-refractivity contribution in [3.05, 3.63) is 18.0 Å². The fraction of sp³-hybridized carbons (Fsp3) is 0.714. The minimum Gasteiger partial charge on any atom is -0.349 e. The van der Waals surface area contributed by atoms with E-state index in [1.165, 1.54) is 4.31 Å². The fourth-order valence-electron chi connectivity index (χ4n) is 2.17. The molecule has 116 valence electrons. The Morgan fingerprint density at radius 3 is 2.55 bits per heavy atom. The van der Waals surface area contributed by atoms with Gasteiger partial charge in [0.2, 0.25) is 10.0 Å². The average Bonchev–Trinajstić information content (AvgIpc) is 2.83. The molecule has 1 N–H and O–H groups in total. The van der Waals surface area contributed by atoms with Crippen LogP contribution in [0.25, 0.3) is 0 Å². The van der Waals surface area contributed by atoms with E-state index in [-0.39, 0.29) is 0 Å². The summed E-state index contributed by atoms with van der Waals surface area (Å²) in [6.07, 6.45) is 4.79. The number of rotatable bonds is 9. The van der Waals surface area contributed by atoms with E-state index in [2.05, 4.69) is 12.2 Å². The van der Waals surface area contributed by atoms with Crippen molar-refractivity contribution in [1.29, 1.82) is 0 Å². The van der Waals surface area contributed by atoms with Crippen molar-refractivity contribution in [2.24, 2.45) is 0 Å². The molecule has 0 spiro atoms. The highest BCUT2D eigenvalue weighted by Gasteiger charge is 2.22. The topological polar surface area (TPSA) is 54.3 Å². The van der Waals surface area contributed by atoms with Crippen LogP contribution in [0, 0.1) is 0 Å².